The van der Waals surface area contributed by atoms with Crippen molar-refractivity contribution >= 4 is 29.7 Å². The average Bonchev–Trinajstić information content (AvgIpc) is 2.83. The van der Waals surface area contributed by atoms with Crippen LogP contribution in [0.1, 0.15) is 28.4 Å². The molecule has 0 atom stereocenters. The highest BCUT2D eigenvalue weighted by Gasteiger charge is 2.10. The predicted molar refractivity (Wildman–Crippen MR) is 126 cm³/mol. The highest BCUT2D eigenvalue weighted by atomic mass is 19.1. The van der Waals surface area contributed by atoms with Gasteiger partial charge in [0.1, 0.15) is 11.6 Å². The van der Waals surface area contributed by atoms with Crippen molar-refractivity contribution in [1.29, 1.82) is 0 Å². The third-order valence-electron chi connectivity index (χ3n) is 4.59. The quantitative estimate of drug-likeness (QED) is 0.281. The zero-order valence-electron chi connectivity index (χ0n) is 18.4. The zero-order valence-corrected chi connectivity index (χ0v) is 18.4. The van der Waals surface area contributed by atoms with E-state index in [0.717, 1.165) is 0 Å². The summed E-state index contributed by atoms with van der Waals surface area (Å²) in [6, 6.07) is 18.9. The summed E-state index contributed by atoms with van der Waals surface area (Å²) < 4.78 is 22.7. The summed E-state index contributed by atoms with van der Waals surface area (Å²) in [7, 11) is 0. The molecule has 0 aliphatic heterocycles. The standard InChI is InChI=1S/C26H23FN2O5/c1-2-33-26(32)34-22-14-10-19(11-15-22)25(31)28-17-20-5-3-4-6-23(20)29-24(30)16-9-18-7-12-21(27)13-8-18/h3-16H,2,17H2,1H3,(H,28,31)(H,29,30)/b16-9+. The minimum Gasteiger partial charge on any atom is -0.434 e. The first-order valence-electron chi connectivity index (χ1n) is 10.5. The Kier molecular flexibility index (Phi) is 8.51. The van der Waals surface area contributed by atoms with E-state index in [2.05, 4.69) is 10.6 Å². The van der Waals surface area contributed by atoms with Gasteiger partial charge in [0.25, 0.3) is 5.91 Å². The topological polar surface area (TPSA) is 93.7 Å². The maximum atomic E-state index is 13.0. The van der Waals surface area contributed by atoms with Gasteiger partial charge in [-0.05, 0) is 66.6 Å². The van der Waals surface area contributed by atoms with Crippen molar-refractivity contribution in [2.24, 2.45) is 0 Å². The minimum absolute atomic E-state index is 0.179. The lowest BCUT2D eigenvalue weighted by atomic mass is 10.1. The lowest BCUT2D eigenvalue weighted by molar-refractivity contribution is -0.111. The first kappa shape index (κ1) is 24.2. The van der Waals surface area contributed by atoms with Gasteiger partial charge in [-0.2, -0.15) is 0 Å². The molecule has 3 rings (SSSR count). The third kappa shape index (κ3) is 7.30. The van der Waals surface area contributed by atoms with E-state index >= 15 is 0 Å². The molecule has 2 N–H and O–H groups in total. The number of carbonyl (C=O) groups is 3. The van der Waals surface area contributed by atoms with E-state index in [1.807, 2.05) is 0 Å². The van der Waals surface area contributed by atoms with Crippen molar-refractivity contribution in [2.45, 2.75) is 13.5 Å². The van der Waals surface area contributed by atoms with E-state index < -0.39 is 6.16 Å². The van der Waals surface area contributed by atoms with Gasteiger partial charge in [-0.15, -0.1) is 0 Å². The van der Waals surface area contributed by atoms with Gasteiger partial charge in [-0.1, -0.05) is 30.3 Å². The Morgan fingerprint density at radius 3 is 2.35 bits per heavy atom. The summed E-state index contributed by atoms with van der Waals surface area (Å²) in [6.07, 6.45) is 2.11. The van der Waals surface area contributed by atoms with Gasteiger partial charge in [-0.25, -0.2) is 9.18 Å². The van der Waals surface area contributed by atoms with Crippen molar-refractivity contribution in [3.63, 3.8) is 0 Å². The molecule has 7 nitrogen and oxygen atoms in total. The molecule has 3 aromatic rings. The number of ether oxygens (including phenoxy) is 2. The molecule has 0 aliphatic rings. The Bertz CT molecular complexity index is 1170. The summed E-state index contributed by atoms with van der Waals surface area (Å²) >= 11 is 0. The molecule has 0 aliphatic carbocycles. The molecule has 0 fully saturated rings. The van der Waals surface area contributed by atoms with Gasteiger partial charge in [-0.3, -0.25) is 9.59 Å². The van der Waals surface area contributed by atoms with Crippen molar-refractivity contribution in [3.8, 4) is 5.75 Å². The second-order valence-corrected chi connectivity index (χ2v) is 7.02. The fourth-order valence-corrected chi connectivity index (χ4v) is 2.91. The SMILES string of the molecule is CCOC(=O)Oc1ccc(C(=O)NCc2ccccc2NC(=O)/C=C/c2ccc(F)cc2)cc1. The van der Waals surface area contributed by atoms with Gasteiger partial charge < -0.3 is 20.1 Å². The first-order valence-corrected chi connectivity index (χ1v) is 10.5. The molecular weight excluding hydrogens is 439 g/mol. The van der Waals surface area contributed by atoms with Crippen LogP contribution in [0.25, 0.3) is 6.08 Å². The molecule has 8 heteroatoms. The molecule has 3 aromatic carbocycles. The maximum Gasteiger partial charge on any atom is 0.513 e. The van der Waals surface area contributed by atoms with Crippen LogP contribution >= 0.6 is 0 Å². The highest BCUT2D eigenvalue weighted by molar-refractivity contribution is 6.02. The van der Waals surface area contributed by atoms with Crippen LogP contribution in [0, 0.1) is 5.82 Å². The average molecular weight is 462 g/mol. The normalized spacial score (nSPS) is 10.5. The van der Waals surface area contributed by atoms with Gasteiger partial charge in [0.05, 0.1) is 6.61 Å². The maximum absolute atomic E-state index is 13.0. The summed E-state index contributed by atoms with van der Waals surface area (Å²) in [5, 5.41) is 5.58. The molecule has 0 unspecified atom stereocenters. The van der Waals surface area contributed by atoms with Crippen LogP contribution in [0.2, 0.25) is 0 Å². The molecule has 34 heavy (non-hydrogen) atoms. The predicted octanol–water partition coefficient (Wildman–Crippen LogP) is 4.94. The first-order chi connectivity index (χ1) is 16.4. The zero-order chi connectivity index (χ0) is 24.3. The van der Waals surface area contributed by atoms with Gasteiger partial charge in [0, 0.05) is 23.9 Å². The van der Waals surface area contributed by atoms with E-state index in [1.54, 1.807) is 49.4 Å². The number of hydrogen-bond donors (Lipinski definition) is 2. The molecule has 2 amide bonds. The van der Waals surface area contributed by atoms with E-state index in [4.69, 9.17) is 9.47 Å². The Labute approximate surface area is 196 Å². The Morgan fingerprint density at radius 2 is 1.65 bits per heavy atom. The summed E-state index contributed by atoms with van der Waals surface area (Å²) in [5.41, 5.74) is 2.33. The molecular formula is C26H23FN2O5. The van der Waals surface area contributed by atoms with Crippen molar-refractivity contribution in [1.82, 2.24) is 5.32 Å². The van der Waals surface area contributed by atoms with Crippen LogP contribution in [0.15, 0.2) is 78.9 Å². The summed E-state index contributed by atoms with van der Waals surface area (Å²) in [4.78, 5) is 36.2. The Hall–Kier alpha value is -4.46. The smallest absolute Gasteiger partial charge is 0.434 e. The Morgan fingerprint density at radius 1 is 0.941 bits per heavy atom. The van der Waals surface area contributed by atoms with E-state index in [-0.39, 0.29) is 36.5 Å². The van der Waals surface area contributed by atoms with Crippen molar-refractivity contribution in [2.75, 3.05) is 11.9 Å². The Balaban J connectivity index is 1.57. The number of benzene rings is 3. The largest absolute Gasteiger partial charge is 0.513 e. The molecule has 0 radical (unpaired) electrons. The number of halogens is 1. The van der Waals surface area contributed by atoms with Crippen molar-refractivity contribution in [3.05, 3.63) is 101 Å². The number of para-hydroxylation sites is 1. The molecule has 0 spiro atoms. The van der Waals surface area contributed by atoms with E-state index in [0.29, 0.717) is 22.4 Å². The number of nitrogens with one attached hydrogen (secondary N) is 2. The highest BCUT2D eigenvalue weighted by Crippen LogP contribution is 2.17. The van der Waals surface area contributed by atoms with Gasteiger partial charge >= 0.3 is 6.16 Å². The van der Waals surface area contributed by atoms with Gasteiger partial charge in [0.2, 0.25) is 5.91 Å². The minimum atomic E-state index is -0.814. The number of amides is 2. The number of hydrogen-bond acceptors (Lipinski definition) is 5. The van der Waals surface area contributed by atoms with Crippen LogP contribution in [-0.4, -0.2) is 24.6 Å². The second kappa shape index (κ2) is 12.0. The molecule has 0 aromatic heterocycles. The van der Waals surface area contributed by atoms with Crippen LogP contribution in [0.3, 0.4) is 0 Å². The summed E-state index contributed by atoms with van der Waals surface area (Å²) in [5.74, 6) is -0.782. The van der Waals surface area contributed by atoms with Crippen LogP contribution in [0.4, 0.5) is 14.9 Å². The second-order valence-electron chi connectivity index (χ2n) is 7.02. The number of carbonyl (C=O) groups excluding carboxylic acids is 3. The van der Waals surface area contributed by atoms with Crippen LogP contribution in [0.5, 0.6) is 5.75 Å². The van der Waals surface area contributed by atoms with Crippen LogP contribution < -0.4 is 15.4 Å². The lowest BCUT2D eigenvalue weighted by Gasteiger charge is -2.11. The molecule has 0 saturated heterocycles. The fourth-order valence-electron chi connectivity index (χ4n) is 2.91. The van der Waals surface area contributed by atoms with Gasteiger partial charge in [0.15, 0.2) is 0 Å². The molecule has 0 heterocycles. The van der Waals surface area contributed by atoms with Crippen molar-refractivity contribution < 1.29 is 28.2 Å². The van der Waals surface area contributed by atoms with E-state index in [9.17, 15) is 18.8 Å². The van der Waals surface area contributed by atoms with Crippen LogP contribution in [-0.2, 0) is 16.1 Å². The summed E-state index contributed by atoms with van der Waals surface area (Å²) in [6.45, 7) is 2.05. The molecule has 0 saturated carbocycles. The molecule has 0 bridgehead atoms. The number of anilines is 1. The monoisotopic (exact) mass is 462 g/mol. The lowest BCUT2D eigenvalue weighted by Crippen LogP contribution is -2.23. The number of rotatable bonds is 8. The van der Waals surface area contributed by atoms with E-state index in [1.165, 1.54) is 42.5 Å². The fraction of sp³-hybridized carbons (Fsp3) is 0.115. The third-order valence-corrected chi connectivity index (χ3v) is 4.59. The molecule has 174 valence electrons.